The van der Waals surface area contributed by atoms with E-state index in [0.717, 1.165) is 6.54 Å². The van der Waals surface area contributed by atoms with Crippen LogP contribution >= 0.6 is 15.9 Å². The molecule has 0 saturated heterocycles. The van der Waals surface area contributed by atoms with Crippen molar-refractivity contribution in [1.82, 2.24) is 4.98 Å². The molecule has 2 rings (SSSR count). The first-order valence-corrected chi connectivity index (χ1v) is 6.98. The molecular formula is C13H18BrFN2. The normalized spacial score (nSPS) is 17.1. The summed E-state index contributed by atoms with van der Waals surface area (Å²) in [5, 5.41) is 0. The topological polar surface area (TPSA) is 16.1 Å². The van der Waals surface area contributed by atoms with Crippen molar-refractivity contribution < 1.29 is 4.39 Å². The van der Waals surface area contributed by atoms with Gasteiger partial charge in [-0.15, -0.1) is 0 Å². The summed E-state index contributed by atoms with van der Waals surface area (Å²) in [7, 11) is 1.92. The van der Waals surface area contributed by atoms with Gasteiger partial charge < -0.3 is 4.90 Å². The molecule has 0 atom stereocenters. The first-order chi connectivity index (χ1) is 8.16. The number of anilines is 1. The van der Waals surface area contributed by atoms with Gasteiger partial charge in [-0.05, 0) is 40.8 Å². The lowest BCUT2D eigenvalue weighted by atomic mass is 9.89. The molecule has 1 aromatic heterocycles. The summed E-state index contributed by atoms with van der Waals surface area (Å²) >= 11 is 3.22. The van der Waals surface area contributed by atoms with E-state index < -0.39 is 0 Å². The lowest BCUT2D eigenvalue weighted by Gasteiger charge is -2.27. The monoisotopic (exact) mass is 300 g/mol. The second-order valence-corrected chi connectivity index (χ2v) is 5.76. The zero-order valence-corrected chi connectivity index (χ0v) is 11.7. The van der Waals surface area contributed by atoms with E-state index in [1.807, 2.05) is 11.9 Å². The van der Waals surface area contributed by atoms with Gasteiger partial charge in [0.25, 0.3) is 0 Å². The van der Waals surface area contributed by atoms with Crippen LogP contribution < -0.4 is 4.90 Å². The molecule has 17 heavy (non-hydrogen) atoms. The van der Waals surface area contributed by atoms with Crippen LogP contribution in [-0.2, 0) is 0 Å². The molecule has 1 heterocycles. The zero-order chi connectivity index (χ0) is 12.3. The molecule has 2 nitrogen and oxygen atoms in total. The van der Waals surface area contributed by atoms with E-state index in [4.69, 9.17) is 0 Å². The molecular weight excluding hydrogens is 283 g/mol. The Hall–Kier alpha value is -0.640. The van der Waals surface area contributed by atoms with Gasteiger partial charge in [-0.25, -0.2) is 9.37 Å². The summed E-state index contributed by atoms with van der Waals surface area (Å²) in [6, 6.07) is 1.47. The Morgan fingerprint density at radius 2 is 2.12 bits per heavy atom. The molecule has 0 aromatic carbocycles. The fraction of sp³-hybridized carbons (Fsp3) is 0.615. The molecule has 0 spiro atoms. The van der Waals surface area contributed by atoms with Crippen LogP contribution in [0.25, 0.3) is 0 Å². The number of aromatic nitrogens is 1. The number of hydrogen-bond donors (Lipinski definition) is 0. The van der Waals surface area contributed by atoms with Gasteiger partial charge in [-0.2, -0.15) is 0 Å². The number of rotatable bonds is 3. The van der Waals surface area contributed by atoms with Gasteiger partial charge in [0.15, 0.2) is 11.6 Å². The minimum Gasteiger partial charge on any atom is -0.357 e. The van der Waals surface area contributed by atoms with Gasteiger partial charge in [0, 0.05) is 24.3 Å². The van der Waals surface area contributed by atoms with Crippen molar-refractivity contribution in [3.8, 4) is 0 Å². The van der Waals surface area contributed by atoms with E-state index in [9.17, 15) is 4.39 Å². The van der Waals surface area contributed by atoms with E-state index in [1.165, 1.54) is 38.2 Å². The smallest absolute Gasteiger partial charge is 0.166 e. The maximum absolute atomic E-state index is 13.7. The summed E-state index contributed by atoms with van der Waals surface area (Å²) in [5.41, 5.74) is 0. The summed E-state index contributed by atoms with van der Waals surface area (Å²) in [5.74, 6) is 0.898. The molecule has 1 fully saturated rings. The van der Waals surface area contributed by atoms with E-state index >= 15 is 0 Å². The first-order valence-electron chi connectivity index (χ1n) is 6.19. The van der Waals surface area contributed by atoms with Crippen LogP contribution in [0.5, 0.6) is 0 Å². The Kier molecular flexibility index (Phi) is 4.37. The van der Waals surface area contributed by atoms with E-state index in [0.29, 0.717) is 16.2 Å². The highest BCUT2D eigenvalue weighted by molar-refractivity contribution is 9.10. The van der Waals surface area contributed by atoms with Crippen molar-refractivity contribution in [1.29, 1.82) is 0 Å². The molecule has 0 bridgehead atoms. The largest absolute Gasteiger partial charge is 0.357 e. The minimum atomic E-state index is -0.252. The van der Waals surface area contributed by atoms with Crippen molar-refractivity contribution in [2.45, 2.75) is 32.1 Å². The number of hydrogen-bond acceptors (Lipinski definition) is 2. The van der Waals surface area contributed by atoms with Crippen LogP contribution in [0.2, 0.25) is 0 Å². The maximum Gasteiger partial charge on any atom is 0.166 e. The Balaban J connectivity index is 2.00. The SMILES string of the molecule is CN(CC1CCCCC1)c1ncc(Br)cc1F. The number of nitrogens with zero attached hydrogens (tertiary/aromatic N) is 2. The first kappa shape index (κ1) is 12.8. The lowest BCUT2D eigenvalue weighted by Crippen LogP contribution is -2.28. The molecule has 1 aromatic rings. The van der Waals surface area contributed by atoms with E-state index in [2.05, 4.69) is 20.9 Å². The van der Waals surface area contributed by atoms with Crippen LogP contribution in [-0.4, -0.2) is 18.6 Å². The van der Waals surface area contributed by atoms with Gasteiger partial charge >= 0.3 is 0 Å². The zero-order valence-electron chi connectivity index (χ0n) is 10.1. The van der Waals surface area contributed by atoms with Crippen molar-refractivity contribution in [3.63, 3.8) is 0 Å². The van der Waals surface area contributed by atoms with Crippen LogP contribution in [0.4, 0.5) is 10.2 Å². The Morgan fingerprint density at radius 3 is 2.76 bits per heavy atom. The van der Waals surface area contributed by atoms with Crippen molar-refractivity contribution in [3.05, 3.63) is 22.6 Å². The average Bonchev–Trinajstić information content (AvgIpc) is 2.30. The minimum absolute atomic E-state index is 0.252. The van der Waals surface area contributed by atoms with Gasteiger partial charge in [0.05, 0.1) is 0 Å². The van der Waals surface area contributed by atoms with Crippen molar-refractivity contribution in [2.75, 3.05) is 18.5 Å². The molecule has 0 N–H and O–H groups in total. The standard InChI is InChI=1S/C13H18BrFN2/c1-17(9-10-5-3-2-4-6-10)13-12(15)7-11(14)8-16-13/h7-8,10H,2-6,9H2,1H3. The fourth-order valence-electron chi connectivity index (χ4n) is 2.53. The molecule has 0 radical (unpaired) electrons. The van der Waals surface area contributed by atoms with Gasteiger partial charge in [-0.3, -0.25) is 0 Å². The summed E-state index contributed by atoms with van der Waals surface area (Å²) in [4.78, 5) is 6.09. The second-order valence-electron chi connectivity index (χ2n) is 4.84. The quantitative estimate of drug-likeness (QED) is 0.839. The van der Waals surface area contributed by atoms with Crippen LogP contribution in [0.15, 0.2) is 16.7 Å². The highest BCUT2D eigenvalue weighted by Crippen LogP contribution is 2.26. The van der Waals surface area contributed by atoms with Gasteiger partial charge in [-0.1, -0.05) is 19.3 Å². The number of pyridine rings is 1. The third kappa shape index (κ3) is 3.41. The Morgan fingerprint density at radius 1 is 1.41 bits per heavy atom. The molecule has 0 amide bonds. The molecule has 1 aliphatic rings. The van der Waals surface area contributed by atoms with Crippen LogP contribution in [0.1, 0.15) is 32.1 Å². The maximum atomic E-state index is 13.7. The van der Waals surface area contributed by atoms with E-state index in [-0.39, 0.29) is 5.82 Å². The van der Waals surface area contributed by atoms with Crippen molar-refractivity contribution in [2.24, 2.45) is 5.92 Å². The third-order valence-corrected chi connectivity index (χ3v) is 3.84. The molecule has 1 saturated carbocycles. The summed E-state index contributed by atoms with van der Waals surface area (Å²) < 4.78 is 14.4. The van der Waals surface area contributed by atoms with Crippen molar-refractivity contribution >= 4 is 21.7 Å². The fourth-order valence-corrected chi connectivity index (χ4v) is 2.84. The van der Waals surface area contributed by atoms with E-state index in [1.54, 1.807) is 6.20 Å². The van der Waals surface area contributed by atoms with Gasteiger partial charge in [0.1, 0.15) is 0 Å². The Labute approximate surface area is 110 Å². The molecule has 0 aliphatic heterocycles. The average molecular weight is 301 g/mol. The predicted molar refractivity (Wildman–Crippen MR) is 71.7 cm³/mol. The summed E-state index contributed by atoms with van der Waals surface area (Å²) in [6.45, 7) is 0.908. The molecule has 94 valence electrons. The van der Waals surface area contributed by atoms with Crippen LogP contribution in [0, 0.1) is 11.7 Å². The third-order valence-electron chi connectivity index (χ3n) is 3.41. The summed E-state index contributed by atoms with van der Waals surface area (Å²) in [6.07, 6.45) is 8.16. The lowest BCUT2D eigenvalue weighted by molar-refractivity contribution is 0.361. The van der Waals surface area contributed by atoms with Gasteiger partial charge in [0.2, 0.25) is 0 Å². The highest BCUT2D eigenvalue weighted by atomic mass is 79.9. The molecule has 1 aliphatic carbocycles. The predicted octanol–water partition coefficient (Wildman–Crippen LogP) is 4.00. The highest BCUT2D eigenvalue weighted by Gasteiger charge is 2.17. The Bertz CT molecular complexity index is 378. The molecule has 0 unspecified atom stereocenters. The molecule has 4 heteroatoms. The van der Waals surface area contributed by atoms with Crippen LogP contribution in [0.3, 0.4) is 0 Å². The second kappa shape index (κ2) is 5.80. The number of halogens is 2.